The van der Waals surface area contributed by atoms with Crippen LogP contribution in [0.5, 0.6) is 11.5 Å². The number of halogens is 1. The third-order valence-electron chi connectivity index (χ3n) is 2.83. The average molecular weight is 264 g/mol. The van der Waals surface area contributed by atoms with Gasteiger partial charge in [0.15, 0.2) is 17.8 Å². The Morgan fingerprint density at radius 1 is 1.16 bits per heavy atom. The molecule has 0 N–H and O–H groups in total. The summed E-state index contributed by atoms with van der Waals surface area (Å²) < 4.78 is 30.1. The van der Waals surface area contributed by atoms with E-state index >= 15 is 0 Å². The zero-order chi connectivity index (χ0) is 13.8. The van der Waals surface area contributed by atoms with E-state index in [-0.39, 0.29) is 5.82 Å². The molecule has 0 aliphatic rings. The van der Waals surface area contributed by atoms with E-state index in [0.29, 0.717) is 28.9 Å². The quantitative estimate of drug-likeness (QED) is 0.770. The van der Waals surface area contributed by atoms with E-state index in [4.69, 9.17) is 14.2 Å². The summed E-state index contributed by atoms with van der Waals surface area (Å²) in [6.07, 6.45) is -0.423. The van der Waals surface area contributed by atoms with Crippen LogP contribution in [0.4, 0.5) is 4.39 Å². The highest BCUT2D eigenvalue weighted by molar-refractivity contribution is 5.91. The molecular weight excluding hydrogens is 247 g/mol. The van der Waals surface area contributed by atoms with Gasteiger partial charge in [0, 0.05) is 17.4 Å². The van der Waals surface area contributed by atoms with Crippen molar-refractivity contribution in [2.75, 3.05) is 13.7 Å². The number of ether oxygens (including phenoxy) is 3. The minimum Gasteiger partial charge on any atom is -0.493 e. The molecule has 102 valence electrons. The molecule has 1 atom stereocenters. The highest BCUT2D eigenvalue weighted by atomic mass is 19.1. The van der Waals surface area contributed by atoms with E-state index in [1.807, 2.05) is 6.92 Å². The van der Waals surface area contributed by atoms with E-state index in [1.165, 1.54) is 6.07 Å². The van der Waals surface area contributed by atoms with Crippen LogP contribution < -0.4 is 9.47 Å². The van der Waals surface area contributed by atoms with E-state index in [2.05, 4.69) is 0 Å². The maximum absolute atomic E-state index is 13.8. The molecule has 0 heterocycles. The standard InChI is InChI=1S/C15H17FO3/c1-4-18-10(2)19-15-12-6-5-7-13(16)11(12)8-9-14(15)17-3/h5-10H,4H2,1-3H3. The highest BCUT2D eigenvalue weighted by Gasteiger charge is 2.14. The van der Waals surface area contributed by atoms with Crippen LogP contribution in [0.1, 0.15) is 13.8 Å². The van der Waals surface area contributed by atoms with Gasteiger partial charge in [0.25, 0.3) is 0 Å². The SMILES string of the molecule is CCOC(C)Oc1c(OC)ccc2c(F)cccc12. The van der Waals surface area contributed by atoms with Gasteiger partial charge in [-0.1, -0.05) is 12.1 Å². The molecule has 2 aromatic rings. The Labute approximate surface area is 111 Å². The number of rotatable bonds is 5. The first kappa shape index (κ1) is 13.6. The van der Waals surface area contributed by atoms with Gasteiger partial charge in [-0.25, -0.2) is 4.39 Å². The normalized spacial score (nSPS) is 12.4. The second kappa shape index (κ2) is 5.89. The second-order valence-corrected chi connectivity index (χ2v) is 4.07. The molecule has 0 aliphatic heterocycles. The molecule has 0 radical (unpaired) electrons. The Bertz CT molecular complexity index is 569. The van der Waals surface area contributed by atoms with Crippen LogP contribution in [0.2, 0.25) is 0 Å². The predicted molar refractivity (Wildman–Crippen MR) is 72.2 cm³/mol. The second-order valence-electron chi connectivity index (χ2n) is 4.07. The monoisotopic (exact) mass is 264 g/mol. The van der Waals surface area contributed by atoms with Crippen molar-refractivity contribution < 1.29 is 18.6 Å². The Morgan fingerprint density at radius 2 is 1.95 bits per heavy atom. The Balaban J connectivity index is 2.51. The van der Waals surface area contributed by atoms with Crippen LogP contribution in [0, 0.1) is 5.82 Å². The smallest absolute Gasteiger partial charge is 0.197 e. The van der Waals surface area contributed by atoms with E-state index < -0.39 is 6.29 Å². The third kappa shape index (κ3) is 2.79. The number of methoxy groups -OCH3 is 1. The van der Waals surface area contributed by atoms with Crippen LogP contribution >= 0.6 is 0 Å². The fourth-order valence-corrected chi connectivity index (χ4v) is 1.99. The summed E-state index contributed by atoms with van der Waals surface area (Å²) >= 11 is 0. The molecular formula is C15H17FO3. The zero-order valence-electron chi connectivity index (χ0n) is 11.3. The van der Waals surface area contributed by atoms with E-state index in [0.717, 1.165) is 0 Å². The molecule has 4 heteroatoms. The van der Waals surface area contributed by atoms with Crippen LogP contribution in [-0.4, -0.2) is 20.0 Å². The first-order valence-corrected chi connectivity index (χ1v) is 6.20. The lowest BCUT2D eigenvalue weighted by molar-refractivity contribution is -0.0615. The summed E-state index contributed by atoms with van der Waals surface area (Å²) in [7, 11) is 1.55. The average Bonchev–Trinajstić information content (AvgIpc) is 2.40. The molecule has 0 spiro atoms. The summed E-state index contributed by atoms with van der Waals surface area (Å²) in [4.78, 5) is 0. The van der Waals surface area contributed by atoms with Crippen LogP contribution in [0.3, 0.4) is 0 Å². The summed E-state index contributed by atoms with van der Waals surface area (Å²) in [6, 6.07) is 8.25. The molecule has 1 unspecified atom stereocenters. The molecule has 0 saturated carbocycles. The largest absolute Gasteiger partial charge is 0.493 e. The van der Waals surface area contributed by atoms with Gasteiger partial charge in [0.05, 0.1) is 7.11 Å². The van der Waals surface area contributed by atoms with Gasteiger partial charge < -0.3 is 14.2 Å². The van der Waals surface area contributed by atoms with Gasteiger partial charge in [-0.2, -0.15) is 0 Å². The molecule has 0 amide bonds. The minimum atomic E-state index is -0.423. The number of hydrogen-bond acceptors (Lipinski definition) is 3. The van der Waals surface area contributed by atoms with Gasteiger partial charge in [-0.3, -0.25) is 0 Å². The molecule has 19 heavy (non-hydrogen) atoms. The van der Waals surface area contributed by atoms with Gasteiger partial charge in [-0.05, 0) is 32.0 Å². The Hall–Kier alpha value is -1.81. The maximum atomic E-state index is 13.8. The van der Waals surface area contributed by atoms with Crippen LogP contribution in [0.15, 0.2) is 30.3 Å². The van der Waals surface area contributed by atoms with Crippen LogP contribution in [0.25, 0.3) is 10.8 Å². The van der Waals surface area contributed by atoms with Crippen molar-refractivity contribution in [1.82, 2.24) is 0 Å². The molecule has 0 fully saturated rings. The van der Waals surface area contributed by atoms with Crippen LogP contribution in [-0.2, 0) is 4.74 Å². The predicted octanol–water partition coefficient (Wildman–Crippen LogP) is 3.75. The van der Waals surface area contributed by atoms with Crippen molar-refractivity contribution in [3.63, 3.8) is 0 Å². The Kier molecular flexibility index (Phi) is 4.22. The van der Waals surface area contributed by atoms with Gasteiger partial charge >= 0.3 is 0 Å². The zero-order valence-corrected chi connectivity index (χ0v) is 11.3. The lowest BCUT2D eigenvalue weighted by atomic mass is 10.1. The van der Waals surface area contributed by atoms with Crippen molar-refractivity contribution >= 4 is 10.8 Å². The van der Waals surface area contributed by atoms with E-state index in [9.17, 15) is 4.39 Å². The van der Waals surface area contributed by atoms with Crippen molar-refractivity contribution in [2.24, 2.45) is 0 Å². The van der Waals surface area contributed by atoms with Crippen molar-refractivity contribution in [3.05, 3.63) is 36.1 Å². The molecule has 0 bridgehead atoms. The number of fused-ring (bicyclic) bond motifs is 1. The molecule has 0 saturated heterocycles. The first-order chi connectivity index (χ1) is 9.17. The lowest BCUT2D eigenvalue weighted by Gasteiger charge is -2.18. The van der Waals surface area contributed by atoms with E-state index in [1.54, 1.807) is 38.3 Å². The van der Waals surface area contributed by atoms with Gasteiger partial charge in [0.2, 0.25) is 0 Å². The number of benzene rings is 2. The lowest BCUT2D eigenvalue weighted by Crippen LogP contribution is -2.16. The topological polar surface area (TPSA) is 27.7 Å². The summed E-state index contributed by atoms with van der Waals surface area (Å²) in [5, 5.41) is 1.17. The number of hydrogen-bond donors (Lipinski definition) is 0. The van der Waals surface area contributed by atoms with Crippen molar-refractivity contribution in [3.8, 4) is 11.5 Å². The molecule has 2 rings (SSSR count). The third-order valence-corrected chi connectivity index (χ3v) is 2.83. The highest BCUT2D eigenvalue weighted by Crippen LogP contribution is 2.37. The minimum absolute atomic E-state index is 0.283. The maximum Gasteiger partial charge on any atom is 0.197 e. The molecule has 0 aromatic heterocycles. The molecule has 0 aliphatic carbocycles. The molecule has 2 aromatic carbocycles. The fourth-order valence-electron chi connectivity index (χ4n) is 1.99. The molecule has 3 nitrogen and oxygen atoms in total. The first-order valence-electron chi connectivity index (χ1n) is 6.20. The van der Waals surface area contributed by atoms with Crippen molar-refractivity contribution in [2.45, 2.75) is 20.1 Å². The van der Waals surface area contributed by atoms with Crippen molar-refractivity contribution in [1.29, 1.82) is 0 Å². The summed E-state index contributed by atoms with van der Waals surface area (Å²) in [6.45, 7) is 4.23. The van der Waals surface area contributed by atoms with Gasteiger partial charge in [0.1, 0.15) is 5.82 Å². The fraction of sp³-hybridized carbons (Fsp3) is 0.333. The van der Waals surface area contributed by atoms with Gasteiger partial charge in [-0.15, -0.1) is 0 Å². The summed E-state index contributed by atoms with van der Waals surface area (Å²) in [5.41, 5.74) is 0. The Morgan fingerprint density at radius 3 is 2.63 bits per heavy atom. The summed E-state index contributed by atoms with van der Waals surface area (Å²) in [5.74, 6) is 0.777.